The first kappa shape index (κ1) is 33.7. The summed E-state index contributed by atoms with van der Waals surface area (Å²) in [4.78, 5) is 30.5. The van der Waals surface area contributed by atoms with E-state index >= 15 is 0 Å². The zero-order valence-electron chi connectivity index (χ0n) is 27.0. The lowest BCUT2D eigenvalue weighted by atomic mass is 9.94. The first-order valence-electron chi connectivity index (χ1n) is 16.2. The van der Waals surface area contributed by atoms with Gasteiger partial charge in [0.05, 0.1) is 17.7 Å². The van der Waals surface area contributed by atoms with E-state index in [0.717, 1.165) is 53.1 Å². The number of rotatable bonds is 13. The Morgan fingerprint density at radius 3 is 2.09 bits per heavy atom. The van der Waals surface area contributed by atoms with Gasteiger partial charge in [0.1, 0.15) is 18.3 Å². The predicted octanol–water partition coefficient (Wildman–Crippen LogP) is 6.29. The van der Waals surface area contributed by atoms with Gasteiger partial charge in [0.2, 0.25) is 11.8 Å². The van der Waals surface area contributed by atoms with Crippen LogP contribution in [0.3, 0.4) is 0 Å². The molecule has 0 heterocycles. The summed E-state index contributed by atoms with van der Waals surface area (Å²) in [5.41, 5.74) is 3.07. The van der Waals surface area contributed by atoms with E-state index in [2.05, 4.69) is 5.32 Å². The first-order valence-corrected chi connectivity index (χ1v) is 17.6. The molecule has 1 aliphatic rings. The molecule has 47 heavy (non-hydrogen) atoms. The largest absolute Gasteiger partial charge is 0.497 e. The van der Waals surface area contributed by atoms with Gasteiger partial charge in [0.15, 0.2) is 0 Å². The van der Waals surface area contributed by atoms with Crippen molar-refractivity contribution in [1.29, 1.82) is 0 Å². The van der Waals surface area contributed by atoms with Gasteiger partial charge >= 0.3 is 0 Å². The molecule has 1 unspecified atom stereocenters. The minimum atomic E-state index is -4.17. The second-order valence-corrected chi connectivity index (χ2v) is 13.9. The number of carbonyl (C=O) groups is 2. The standard InChI is InChI=1S/C38H43N3O5S/c1-29-14-12-13-17-31(29)27-40(36(26-30-15-6-3-7-16-30)38(43)39-32-18-8-4-9-19-32)37(42)28-41(33-22-24-34(46-2)25-23-33)47(44,45)35-20-10-5-11-21-35/h3,5-7,10-17,20-25,32,36H,4,8-9,18-19,26-28H2,1-2H3,(H,39,43). The number of nitrogens with one attached hydrogen (secondary N) is 1. The number of aryl methyl sites for hydroxylation is 1. The summed E-state index contributed by atoms with van der Waals surface area (Å²) in [5.74, 6) is -0.159. The Hall–Kier alpha value is -4.63. The van der Waals surface area contributed by atoms with E-state index in [1.165, 1.54) is 19.2 Å². The molecule has 8 nitrogen and oxygen atoms in total. The Morgan fingerprint density at radius 1 is 0.830 bits per heavy atom. The van der Waals surface area contributed by atoms with E-state index in [-0.39, 0.29) is 29.8 Å². The molecule has 0 spiro atoms. The fourth-order valence-corrected chi connectivity index (χ4v) is 7.50. The van der Waals surface area contributed by atoms with Crippen molar-refractivity contribution in [1.82, 2.24) is 10.2 Å². The Balaban J connectivity index is 1.56. The van der Waals surface area contributed by atoms with Gasteiger partial charge in [-0.3, -0.25) is 13.9 Å². The third-order valence-corrected chi connectivity index (χ3v) is 10.6. The molecule has 246 valence electrons. The average molecular weight is 654 g/mol. The fourth-order valence-electron chi connectivity index (χ4n) is 6.07. The van der Waals surface area contributed by atoms with Gasteiger partial charge in [-0.05, 0) is 72.9 Å². The van der Waals surface area contributed by atoms with Crippen LogP contribution in [0.2, 0.25) is 0 Å². The minimum absolute atomic E-state index is 0.0409. The molecule has 1 atom stereocenters. The highest BCUT2D eigenvalue weighted by Gasteiger charge is 2.35. The van der Waals surface area contributed by atoms with Gasteiger partial charge in [0.25, 0.3) is 10.0 Å². The lowest BCUT2D eigenvalue weighted by Gasteiger charge is -2.35. The summed E-state index contributed by atoms with van der Waals surface area (Å²) in [6.45, 7) is 1.61. The average Bonchev–Trinajstić information content (AvgIpc) is 3.10. The highest BCUT2D eigenvalue weighted by molar-refractivity contribution is 7.92. The normalized spacial score (nSPS) is 14.2. The number of benzene rings is 4. The van der Waals surface area contributed by atoms with Crippen LogP contribution in [0.1, 0.15) is 48.8 Å². The number of hydrogen-bond acceptors (Lipinski definition) is 5. The van der Waals surface area contributed by atoms with Crippen molar-refractivity contribution in [3.05, 3.63) is 126 Å². The van der Waals surface area contributed by atoms with Crippen LogP contribution in [0, 0.1) is 6.92 Å². The molecule has 0 aliphatic heterocycles. The molecular formula is C38H43N3O5S. The van der Waals surface area contributed by atoms with Crippen molar-refractivity contribution < 1.29 is 22.7 Å². The maximum atomic E-state index is 14.7. The third kappa shape index (κ3) is 8.60. The van der Waals surface area contributed by atoms with E-state index in [1.807, 2.05) is 61.5 Å². The SMILES string of the molecule is COc1ccc(N(CC(=O)N(Cc2ccccc2C)C(Cc2ccccc2)C(=O)NC2CCCCC2)S(=O)(=O)c2ccccc2)cc1. The topological polar surface area (TPSA) is 96.0 Å². The lowest BCUT2D eigenvalue weighted by Crippen LogP contribution is -2.55. The van der Waals surface area contributed by atoms with Crippen LogP contribution in [-0.2, 0) is 32.6 Å². The van der Waals surface area contributed by atoms with E-state index in [9.17, 15) is 18.0 Å². The smallest absolute Gasteiger partial charge is 0.264 e. The van der Waals surface area contributed by atoms with Crippen LogP contribution in [-0.4, -0.2) is 50.9 Å². The Morgan fingerprint density at radius 2 is 1.45 bits per heavy atom. The summed E-state index contributed by atoms with van der Waals surface area (Å²) in [6.07, 6.45) is 5.33. The van der Waals surface area contributed by atoms with Gasteiger partial charge in [-0.25, -0.2) is 8.42 Å². The summed E-state index contributed by atoms with van der Waals surface area (Å²) < 4.78 is 34.7. The number of carbonyl (C=O) groups excluding carboxylic acids is 2. The van der Waals surface area contributed by atoms with Crippen molar-refractivity contribution in [2.24, 2.45) is 0 Å². The number of nitrogens with zero attached hydrogens (tertiary/aromatic N) is 2. The van der Waals surface area contributed by atoms with Crippen LogP contribution in [0.4, 0.5) is 5.69 Å². The van der Waals surface area contributed by atoms with Crippen LogP contribution >= 0.6 is 0 Å². The first-order chi connectivity index (χ1) is 22.8. The van der Waals surface area contributed by atoms with Crippen LogP contribution in [0.25, 0.3) is 0 Å². The molecule has 4 aromatic carbocycles. The minimum Gasteiger partial charge on any atom is -0.497 e. The summed E-state index contributed by atoms with van der Waals surface area (Å²) in [7, 11) is -2.63. The molecule has 0 saturated heterocycles. The zero-order chi connectivity index (χ0) is 33.2. The van der Waals surface area contributed by atoms with Gasteiger partial charge in [-0.2, -0.15) is 0 Å². The molecule has 9 heteroatoms. The number of methoxy groups -OCH3 is 1. The van der Waals surface area contributed by atoms with Gasteiger partial charge in [-0.15, -0.1) is 0 Å². The molecule has 0 bridgehead atoms. The molecule has 0 radical (unpaired) electrons. The van der Waals surface area contributed by atoms with Gasteiger partial charge in [0, 0.05) is 19.0 Å². The summed E-state index contributed by atoms with van der Waals surface area (Å²) in [5, 5.41) is 3.25. The maximum Gasteiger partial charge on any atom is 0.264 e. The van der Waals surface area contributed by atoms with Crippen LogP contribution in [0.5, 0.6) is 5.75 Å². The van der Waals surface area contributed by atoms with E-state index in [0.29, 0.717) is 11.4 Å². The summed E-state index contributed by atoms with van der Waals surface area (Å²) in [6, 6.07) is 31.2. The molecular weight excluding hydrogens is 611 g/mol. The van der Waals surface area contributed by atoms with Crippen LogP contribution < -0.4 is 14.4 Å². The monoisotopic (exact) mass is 653 g/mol. The number of hydrogen-bond donors (Lipinski definition) is 1. The van der Waals surface area contributed by atoms with Crippen molar-refractivity contribution in [2.45, 2.75) is 69.0 Å². The molecule has 1 aliphatic carbocycles. The van der Waals surface area contributed by atoms with Gasteiger partial charge in [-0.1, -0.05) is 92.1 Å². The third-order valence-electron chi connectivity index (χ3n) is 8.80. The maximum absolute atomic E-state index is 14.7. The second kappa shape index (κ2) is 15.8. The Bertz CT molecular complexity index is 1720. The van der Waals surface area contributed by atoms with E-state index < -0.39 is 28.5 Å². The fraction of sp³-hybridized carbons (Fsp3) is 0.316. The lowest BCUT2D eigenvalue weighted by molar-refractivity contribution is -0.140. The van der Waals surface area contributed by atoms with Crippen molar-refractivity contribution in [3.8, 4) is 5.75 Å². The van der Waals surface area contributed by atoms with E-state index in [4.69, 9.17) is 4.74 Å². The number of amides is 2. The molecule has 2 amide bonds. The second-order valence-electron chi connectivity index (χ2n) is 12.0. The molecule has 4 aromatic rings. The molecule has 1 saturated carbocycles. The number of anilines is 1. The summed E-state index contributed by atoms with van der Waals surface area (Å²) >= 11 is 0. The highest BCUT2D eigenvalue weighted by Crippen LogP contribution is 2.27. The molecule has 1 fully saturated rings. The molecule has 1 N–H and O–H groups in total. The molecule has 0 aromatic heterocycles. The number of sulfonamides is 1. The van der Waals surface area contributed by atoms with Gasteiger partial charge < -0.3 is 15.0 Å². The highest BCUT2D eigenvalue weighted by atomic mass is 32.2. The van der Waals surface area contributed by atoms with E-state index in [1.54, 1.807) is 47.4 Å². The number of ether oxygens (including phenoxy) is 1. The Kier molecular flexibility index (Phi) is 11.3. The van der Waals surface area contributed by atoms with Crippen LogP contribution in [0.15, 0.2) is 114 Å². The van der Waals surface area contributed by atoms with Crippen molar-refractivity contribution in [2.75, 3.05) is 18.0 Å². The predicted molar refractivity (Wildman–Crippen MR) is 185 cm³/mol. The Labute approximate surface area is 278 Å². The molecule has 5 rings (SSSR count). The van der Waals surface area contributed by atoms with Crippen molar-refractivity contribution >= 4 is 27.5 Å². The zero-order valence-corrected chi connectivity index (χ0v) is 27.9. The quantitative estimate of drug-likeness (QED) is 0.183. The van der Waals surface area contributed by atoms with Crippen molar-refractivity contribution in [3.63, 3.8) is 0 Å².